The van der Waals surface area contributed by atoms with Crippen molar-refractivity contribution in [1.82, 2.24) is 5.32 Å². The smallest absolute Gasteiger partial charge is 0.456 e. The first-order valence-electron chi connectivity index (χ1n) is 38.1. The third-order valence-electron chi connectivity index (χ3n) is 17.2. The molecule has 516 valence electrons. The van der Waals surface area contributed by atoms with E-state index in [0.29, 0.717) is 17.4 Å². The zero-order valence-corrected chi connectivity index (χ0v) is 60.1. The molecule has 88 heavy (non-hydrogen) atoms. The predicted octanol–water partition coefficient (Wildman–Crippen LogP) is 24.5. The third kappa shape index (κ3) is 68.1. The topological polar surface area (TPSA) is 111 Å². The Morgan fingerprint density at radius 1 is 0.398 bits per heavy atom. The molecule has 0 aliphatic heterocycles. The molecule has 0 aromatic heterocycles. The fourth-order valence-corrected chi connectivity index (χ4v) is 12.1. The van der Waals surface area contributed by atoms with Gasteiger partial charge < -0.3 is 19.4 Å². The summed E-state index contributed by atoms with van der Waals surface area (Å²) in [5, 5.41) is 3.08. The number of amides is 1. The Bertz CT molecular complexity index is 1690. The van der Waals surface area contributed by atoms with Crippen molar-refractivity contribution in [3.63, 3.8) is 0 Å². The molecule has 0 aromatic carbocycles. The standard InChI is InChI=1S/C78H147N2O7P/c1-7-10-13-16-19-22-25-28-30-32-34-36-38-39-40-41-43-45-47-49-51-53-56-59-62-65-68-71-78(82)87-76(69-66-63-60-57-54-27-24-21-18-15-12-9-3)75(74-86-88(83,84)85-73-72-80(4,5)6)79-77(81)70-67-64-61-58-55-52-50-48-46-44-42-37-35-33-31-29-26-23-20-17-14-11-8-2/h19,22,28,30,34,36,39-40,66,69,75-76H,7-18,20-21,23-27,29,31-33,35,37-38,41-65,67-68,70-74H2,1-6H3,(H-,79,81,83,84)/p+1/b22-19-,30-28-,36-34-,40-39-,69-66+. The van der Waals surface area contributed by atoms with E-state index in [2.05, 4.69) is 74.7 Å². The van der Waals surface area contributed by atoms with E-state index in [4.69, 9.17) is 13.8 Å². The first-order chi connectivity index (χ1) is 42.9. The van der Waals surface area contributed by atoms with Gasteiger partial charge in [0.1, 0.15) is 19.3 Å². The number of carbonyl (C=O) groups excluding carboxylic acids is 2. The van der Waals surface area contributed by atoms with Crippen LogP contribution in [0.4, 0.5) is 0 Å². The zero-order chi connectivity index (χ0) is 64.2. The molecular formula is C78H148N2O7P+. The minimum atomic E-state index is -4.46. The summed E-state index contributed by atoms with van der Waals surface area (Å²) < 4.78 is 30.9. The van der Waals surface area contributed by atoms with Crippen LogP contribution in [0.25, 0.3) is 0 Å². The molecule has 0 spiro atoms. The quantitative estimate of drug-likeness (QED) is 0.0205. The van der Waals surface area contributed by atoms with Gasteiger partial charge in [0.2, 0.25) is 5.91 Å². The van der Waals surface area contributed by atoms with Crippen LogP contribution in [0.2, 0.25) is 0 Å². The van der Waals surface area contributed by atoms with Crippen LogP contribution in [0.15, 0.2) is 60.8 Å². The van der Waals surface area contributed by atoms with Crippen LogP contribution in [0.5, 0.6) is 0 Å². The summed E-state index contributed by atoms with van der Waals surface area (Å²) in [6, 6.07) is -0.850. The average molecular weight is 1260 g/mol. The van der Waals surface area contributed by atoms with Gasteiger partial charge in [-0.25, -0.2) is 4.57 Å². The number of likely N-dealkylation sites (N-methyl/N-ethyl adjacent to an activating group) is 1. The largest absolute Gasteiger partial charge is 0.472 e. The molecule has 0 fully saturated rings. The fraction of sp³-hybridized carbons (Fsp3) is 0.846. The van der Waals surface area contributed by atoms with Gasteiger partial charge >= 0.3 is 13.8 Å². The number of rotatable bonds is 70. The molecule has 0 saturated carbocycles. The van der Waals surface area contributed by atoms with Crippen molar-refractivity contribution in [1.29, 1.82) is 0 Å². The molecule has 3 atom stereocenters. The van der Waals surface area contributed by atoms with Gasteiger partial charge in [-0.15, -0.1) is 0 Å². The second-order valence-corrected chi connectivity index (χ2v) is 28.6. The molecule has 0 aromatic rings. The monoisotopic (exact) mass is 1260 g/mol. The Morgan fingerprint density at radius 3 is 1.06 bits per heavy atom. The van der Waals surface area contributed by atoms with E-state index in [1.54, 1.807) is 0 Å². The lowest BCUT2D eigenvalue weighted by molar-refractivity contribution is -0.870. The minimum Gasteiger partial charge on any atom is -0.456 e. The number of hydrogen-bond acceptors (Lipinski definition) is 6. The second-order valence-electron chi connectivity index (χ2n) is 27.2. The van der Waals surface area contributed by atoms with Gasteiger partial charge in [-0.05, 0) is 76.7 Å². The number of phosphoric ester groups is 1. The number of phosphoric acid groups is 1. The molecule has 0 heterocycles. The van der Waals surface area contributed by atoms with Crippen molar-refractivity contribution in [2.75, 3.05) is 40.9 Å². The molecular weight excluding hydrogens is 1110 g/mol. The zero-order valence-electron chi connectivity index (χ0n) is 59.2. The average Bonchev–Trinajstić information content (AvgIpc) is 3.61. The van der Waals surface area contributed by atoms with Gasteiger partial charge in [-0.1, -0.05) is 345 Å². The lowest BCUT2D eigenvalue weighted by Gasteiger charge is -2.27. The number of quaternary nitrogens is 1. The second kappa shape index (κ2) is 67.6. The molecule has 3 unspecified atom stereocenters. The highest BCUT2D eigenvalue weighted by Crippen LogP contribution is 2.43. The molecule has 0 radical (unpaired) electrons. The summed E-state index contributed by atoms with van der Waals surface area (Å²) >= 11 is 0. The summed E-state index contributed by atoms with van der Waals surface area (Å²) in [6.07, 6.45) is 88.1. The van der Waals surface area contributed by atoms with Crippen molar-refractivity contribution < 1.29 is 37.3 Å². The molecule has 2 N–H and O–H groups in total. The third-order valence-corrected chi connectivity index (χ3v) is 18.2. The molecule has 10 heteroatoms. The van der Waals surface area contributed by atoms with E-state index in [1.807, 2.05) is 33.3 Å². The molecule has 0 rings (SSSR count). The number of esters is 1. The Labute approximate surface area is 547 Å². The highest BCUT2D eigenvalue weighted by Gasteiger charge is 2.30. The molecule has 0 aliphatic rings. The Morgan fingerprint density at radius 2 is 0.693 bits per heavy atom. The lowest BCUT2D eigenvalue weighted by Crippen LogP contribution is -2.47. The van der Waals surface area contributed by atoms with Gasteiger partial charge in [0, 0.05) is 12.8 Å². The Balaban J connectivity index is 4.97. The Hall–Kier alpha value is -2.29. The first-order valence-corrected chi connectivity index (χ1v) is 39.6. The van der Waals surface area contributed by atoms with Crippen LogP contribution in [-0.2, 0) is 27.9 Å². The van der Waals surface area contributed by atoms with E-state index >= 15 is 0 Å². The predicted molar refractivity (Wildman–Crippen MR) is 383 cm³/mol. The van der Waals surface area contributed by atoms with Crippen molar-refractivity contribution in [2.45, 2.75) is 386 Å². The van der Waals surface area contributed by atoms with E-state index in [0.717, 1.165) is 77.0 Å². The van der Waals surface area contributed by atoms with E-state index in [-0.39, 0.29) is 31.5 Å². The number of carbonyl (C=O) groups is 2. The SMILES string of the molecule is CCCCC/C=C\C/C=C\C/C=C\C/C=C\CCCCCCCCCCCCCC(=O)OC(/C=C/CCCCCCCCCCCC)C(COP(=O)(O)OCC[N+](C)(C)C)NC(=O)CCCCCCCCCCCCCCCCCCCCCCCCC. The first kappa shape index (κ1) is 85.7. The van der Waals surface area contributed by atoms with E-state index in [9.17, 15) is 19.0 Å². The molecule has 0 bridgehead atoms. The van der Waals surface area contributed by atoms with Gasteiger partial charge in [0.25, 0.3) is 0 Å². The van der Waals surface area contributed by atoms with Gasteiger partial charge in [-0.2, -0.15) is 0 Å². The normalized spacial score (nSPS) is 13.8. The van der Waals surface area contributed by atoms with Crippen molar-refractivity contribution in [2.24, 2.45) is 0 Å². The van der Waals surface area contributed by atoms with Crippen LogP contribution in [0.3, 0.4) is 0 Å². The number of allylic oxidation sites excluding steroid dienone is 9. The lowest BCUT2D eigenvalue weighted by atomic mass is 10.0. The maximum absolute atomic E-state index is 13.6. The Kier molecular flexibility index (Phi) is 65.8. The van der Waals surface area contributed by atoms with E-state index in [1.165, 1.54) is 263 Å². The van der Waals surface area contributed by atoms with Crippen LogP contribution in [-0.4, -0.2) is 74.3 Å². The van der Waals surface area contributed by atoms with Crippen LogP contribution >= 0.6 is 7.82 Å². The van der Waals surface area contributed by atoms with Crippen LogP contribution in [0.1, 0.15) is 374 Å². The van der Waals surface area contributed by atoms with Crippen LogP contribution in [0, 0.1) is 0 Å². The number of unbranched alkanes of at least 4 members (excludes halogenated alkanes) is 46. The summed E-state index contributed by atoms with van der Waals surface area (Å²) in [7, 11) is 1.51. The minimum absolute atomic E-state index is 0.0410. The van der Waals surface area contributed by atoms with Gasteiger partial charge in [0.15, 0.2) is 0 Å². The number of nitrogens with one attached hydrogen (secondary N) is 1. The van der Waals surface area contributed by atoms with Gasteiger partial charge in [0.05, 0.1) is 33.8 Å². The fourth-order valence-electron chi connectivity index (χ4n) is 11.3. The summed E-state index contributed by atoms with van der Waals surface area (Å²) in [4.78, 5) is 38.0. The maximum Gasteiger partial charge on any atom is 0.472 e. The van der Waals surface area contributed by atoms with Crippen molar-refractivity contribution >= 4 is 19.7 Å². The summed E-state index contributed by atoms with van der Waals surface area (Å²) in [6.45, 7) is 7.04. The number of hydrogen-bond donors (Lipinski definition) is 2. The van der Waals surface area contributed by atoms with E-state index < -0.39 is 20.0 Å². The van der Waals surface area contributed by atoms with Crippen molar-refractivity contribution in [3.8, 4) is 0 Å². The maximum atomic E-state index is 13.6. The molecule has 9 nitrogen and oxygen atoms in total. The van der Waals surface area contributed by atoms with Gasteiger partial charge in [-0.3, -0.25) is 18.6 Å². The van der Waals surface area contributed by atoms with Crippen molar-refractivity contribution in [3.05, 3.63) is 60.8 Å². The number of nitrogens with zero attached hydrogens (tertiary/aromatic N) is 1. The summed E-state index contributed by atoms with van der Waals surface area (Å²) in [5.41, 5.74) is 0. The molecule has 1 amide bonds. The molecule has 0 saturated heterocycles. The number of ether oxygens (including phenoxy) is 1. The van der Waals surface area contributed by atoms with Crippen LogP contribution < -0.4 is 5.32 Å². The highest BCUT2D eigenvalue weighted by molar-refractivity contribution is 7.47. The highest BCUT2D eigenvalue weighted by atomic mass is 31.2. The summed E-state index contributed by atoms with van der Waals surface area (Å²) in [5.74, 6) is -0.491. The molecule has 0 aliphatic carbocycles.